The molecular weight excluding hydrogens is 438 g/mol. The lowest BCUT2D eigenvalue weighted by Gasteiger charge is -2.37. The van der Waals surface area contributed by atoms with Crippen LogP contribution >= 0.6 is 11.6 Å². The van der Waals surface area contributed by atoms with Crippen molar-refractivity contribution in [3.63, 3.8) is 0 Å². The standard InChI is InChI=1S/C21H26ClN5O5/c1-21(2,3)32-20(30)27(15-6-4-5-13(11-15)19-23-9-10-31-19)26-18(29)17(28)25-16-8-7-14(22)12-24-16/h7-10,12-13,15H,4-6,11H2,1-3H3,(H,26,29)(H,24,25,28)/t13-,15?/m0/s1. The number of halogens is 1. The molecule has 1 unspecified atom stereocenters. The van der Waals surface area contributed by atoms with Crippen LogP contribution in [-0.2, 0) is 14.3 Å². The minimum absolute atomic E-state index is 0.0160. The Morgan fingerprint density at radius 1 is 1.19 bits per heavy atom. The van der Waals surface area contributed by atoms with Gasteiger partial charge in [0.25, 0.3) is 0 Å². The molecule has 1 fully saturated rings. The number of amides is 3. The van der Waals surface area contributed by atoms with E-state index in [0.29, 0.717) is 23.8 Å². The molecule has 2 aromatic heterocycles. The van der Waals surface area contributed by atoms with Gasteiger partial charge in [-0.25, -0.2) is 19.8 Å². The van der Waals surface area contributed by atoms with Gasteiger partial charge in [0.1, 0.15) is 17.7 Å². The number of hydrazine groups is 1. The molecule has 0 saturated heterocycles. The van der Waals surface area contributed by atoms with Crippen LogP contribution in [0.3, 0.4) is 0 Å². The number of carbonyl (C=O) groups excluding carboxylic acids is 3. The summed E-state index contributed by atoms with van der Waals surface area (Å²) in [6.07, 6.45) is 6.41. The van der Waals surface area contributed by atoms with E-state index in [2.05, 4.69) is 20.7 Å². The third-order valence-electron chi connectivity index (χ3n) is 4.80. The molecule has 2 aromatic rings. The van der Waals surface area contributed by atoms with Crippen molar-refractivity contribution in [1.82, 2.24) is 20.4 Å². The molecule has 0 bridgehead atoms. The van der Waals surface area contributed by atoms with Crippen molar-refractivity contribution < 1.29 is 23.5 Å². The SMILES string of the molecule is CC(C)(C)OC(=O)N(NC(=O)C(=O)Nc1ccc(Cl)cn1)C1CCC[C@H](c2ncco2)C1. The lowest BCUT2D eigenvalue weighted by atomic mass is 9.85. The van der Waals surface area contributed by atoms with Crippen LogP contribution in [0.2, 0.25) is 5.02 Å². The zero-order chi connectivity index (χ0) is 23.3. The Hall–Kier alpha value is -3.14. The summed E-state index contributed by atoms with van der Waals surface area (Å²) in [5, 5.41) is 3.86. The van der Waals surface area contributed by atoms with Crippen molar-refractivity contribution in [2.45, 2.75) is 64.0 Å². The molecule has 0 radical (unpaired) electrons. The van der Waals surface area contributed by atoms with Crippen molar-refractivity contribution in [2.24, 2.45) is 0 Å². The molecule has 3 rings (SSSR count). The number of hydrogen-bond donors (Lipinski definition) is 2. The summed E-state index contributed by atoms with van der Waals surface area (Å²) in [5.74, 6) is -1.28. The van der Waals surface area contributed by atoms with E-state index in [4.69, 9.17) is 20.8 Å². The molecule has 1 aliphatic carbocycles. The van der Waals surface area contributed by atoms with Gasteiger partial charge in [-0.15, -0.1) is 0 Å². The number of hydrogen-bond acceptors (Lipinski definition) is 7. The number of carbonyl (C=O) groups is 3. The lowest BCUT2D eigenvalue weighted by Crippen LogP contribution is -2.56. The Morgan fingerprint density at radius 3 is 2.59 bits per heavy atom. The van der Waals surface area contributed by atoms with E-state index in [-0.39, 0.29) is 11.7 Å². The minimum atomic E-state index is -1.02. The van der Waals surface area contributed by atoms with Gasteiger partial charge >= 0.3 is 17.9 Å². The highest BCUT2D eigenvalue weighted by Gasteiger charge is 2.36. The maximum Gasteiger partial charge on any atom is 0.429 e. The first-order valence-corrected chi connectivity index (χ1v) is 10.7. The van der Waals surface area contributed by atoms with Gasteiger partial charge in [-0.3, -0.25) is 15.0 Å². The fourth-order valence-corrected chi connectivity index (χ4v) is 3.55. The fraction of sp³-hybridized carbons (Fsp3) is 0.476. The summed E-state index contributed by atoms with van der Waals surface area (Å²) in [7, 11) is 0. The van der Waals surface area contributed by atoms with Gasteiger partial charge in [0.2, 0.25) is 0 Å². The Bertz CT molecular complexity index is 942. The first-order valence-electron chi connectivity index (χ1n) is 10.3. The number of anilines is 1. The molecule has 0 aromatic carbocycles. The van der Waals surface area contributed by atoms with Crippen molar-refractivity contribution in [1.29, 1.82) is 0 Å². The zero-order valence-electron chi connectivity index (χ0n) is 18.1. The maximum atomic E-state index is 12.9. The van der Waals surface area contributed by atoms with Gasteiger partial charge < -0.3 is 14.5 Å². The first-order chi connectivity index (χ1) is 15.1. The van der Waals surface area contributed by atoms with Gasteiger partial charge in [0.15, 0.2) is 5.89 Å². The van der Waals surface area contributed by atoms with Gasteiger partial charge in [-0.1, -0.05) is 18.0 Å². The second-order valence-electron chi connectivity index (χ2n) is 8.49. The highest BCUT2D eigenvalue weighted by molar-refractivity contribution is 6.39. The van der Waals surface area contributed by atoms with Crippen molar-refractivity contribution in [3.8, 4) is 0 Å². The number of aromatic nitrogens is 2. The molecule has 2 heterocycles. The molecule has 2 atom stereocenters. The molecule has 1 aliphatic rings. The van der Waals surface area contributed by atoms with Crippen molar-refractivity contribution in [3.05, 3.63) is 41.7 Å². The van der Waals surface area contributed by atoms with Crippen LogP contribution in [0, 0.1) is 0 Å². The number of nitrogens with one attached hydrogen (secondary N) is 2. The van der Waals surface area contributed by atoms with E-state index in [0.717, 1.165) is 17.9 Å². The minimum Gasteiger partial charge on any atom is -0.449 e. The van der Waals surface area contributed by atoms with E-state index in [9.17, 15) is 14.4 Å². The third kappa shape index (κ3) is 6.43. The molecule has 0 spiro atoms. The summed E-state index contributed by atoms with van der Waals surface area (Å²) >= 11 is 5.78. The van der Waals surface area contributed by atoms with Crippen LogP contribution in [0.4, 0.5) is 10.6 Å². The monoisotopic (exact) mass is 463 g/mol. The quantitative estimate of drug-likeness (QED) is 0.525. The van der Waals surface area contributed by atoms with E-state index >= 15 is 0 Å². The Morgan fingerprint density at radius 2 is 1.97 bits per heavy atom. The van der Waals surface area contributed by atoms with Crippen LogP contribution < -0.4 is 10.7 Å². The van der Waals surface area contributed by atoms with Crippen LogP contribution in [0.5, 0.6) is 0 Å². The molecule has 32 heavy (non-hydrogen) atoms. The summed E-state index contributed by atoms with van der Waals surface area (Å²) in [6.45, 7) is 5.17. The fourth-order valence-electron chi connectivity index (χ4n) is 3.44. The van der Waals surface area contributed by atoms with Gasteiger partial charge in [-0.2, -0.15) is 0 Å². The maximum absolute atomic E-state index is 12.9. The van der Waals surface area contributed by atoms with E-state index in [1.165, 1.54) is 24.6 Å². The van der Waals surface area contributed by atoms with E-state index in [1.54, 1.807) is 27.0 Å². The highest BCUT2D eigenvalue weighted by Crippen LogP contribution is 2.34. The molecule has 172 valence electrons. The number of pyridine rings is 1. The molecule has 11 heteroatoms. The topological polar surface area (TPSA) is 127 Å². The van der Waals surface area contributed by atoms with Crippen LogP contribution in [0.25, 0.3) is 0 Å². The van der Waals surface area contributed by atoms with Crippen LogP contribution in [0.15, 0.2) is 35.2 Å². The number of nitrogens with zero attached hydrogens (tertiary/aromatic N) is 3. The average molecular weight is 464 g/mol. The Balaban J connectivity index is 1.73. The van der Waals surface area contributed by atoms with E-state index in [1.807, 2.05) is 0 Å². The number of ether oxygens (including phenoxy) is 1. The molecular formula is C21H26ClN5O5. The molecule has 10 nitrogen and oxygen atoms in total. The van der Waals surface area contributed by atoms with Crippen LogP contribution in [0.1, 0.15) is 58.3 Å². The first kappa shape index (κ1) is 23.5. The summed E-state index contributed by atoms with van der Waals surface area (Å²) in [4.78, 5) is 46.0. The highest BCUT2D eigenvalue weighted by atomic mass is 35.5. The zero-order valence-corrected chi connectivity index (χ0v) is 18.9. The van der Waals surface area contributed by atoms with Crippen molar-refractivity contribution in [2.75, 3.05) is 5.32 Å². The summed E-state index contributed by atoms with van der Waals surface area (Å²) in [6, 6.07) is 2.59. The second-order valence-corrected chi connectivity index (χ2v) is 8.93. The van der Waals surface area contributed by atoms with Gasteiger partial charge in [0.05, 0.1) is 17.3 Å². The molecule has 2 N–H and O–H groups in total. The Labute approximate surface area is 190 Å². The normalized spacial score (nSPS) is 18.5. The third-order valence-corrected chi connectivity index (χ3v) is 5.02. The summed E-state index contributed by atoms with van der Waals surface area (Å²) in [5.41, 5.74) is 1.62. The second kappa shape index (κ2) is 9.99. The number of oxazole rings is 1. The largest absolute Gasteiger partial charge is 0.449 e. The molecule has 0 aliphatic heterocycles. The van der Waals surface area contributed by atoms with E-state index < -0.39 is 29.6 Å². The number of rotatable bonds is 3. The lowest BCUT2D eigenvalue weighted by molar-refractivity contribution is -0.140. The van der Waals surface area contributed by atoms with Gasteiger partial charge in [-0.05, 0) is 52.2 Å². The molecule has 1 saturated carbocycles. The Kier molecular flexibility index (Phi) is 7.34. The summed E-state index contributed by atoms with van der Waals surface area (Å²) < 4.78 is 10.9. The average Bonchev–Trinajstić information content (AvgIpc) is 3.27. The van der Waals surface area contributed by atoms with Gasteiger partial charge in [0, 0.05) is 12.1 Å². The predicted octanol–water partition coefficient (Wildman–Crippen LogP) is 3.66. The van der Waals surface area contributed by atoms with Crippen LogP contribution in [-0.4, -0.2) is 44.5 Å². The predicted molar refractivity (Wildman–Crippen MR) is 116 cm³/mol. The van der Waals surface area contributed by atoms with Crippen molar-refractivity contribution >= 4 is 35.3 Å². The molecule has 3 amide bonds. The smallest absolute Gasteiger partial charge is 0.429 e.